The van der Waals surface area contributed by atoms with Crippen LogP contribution in [0.25, 0.3) is 11.1 Å². The molecule has 0 spiro atoms. The van der Waals surface area contributed by atoms with E-state index in [0.717, 1.165) is 30.0 Å². The summed E-state index contributed by atoms with van der Waals surface area (Å²) in [6.07, 6.45) is 3.92. The van der Waals surface area contributed by atoms with Crippen LogP contribution >= 0.6 is 0 Å². The van der Waals surface area contributed by atoms with Gasteiger partial charge in [0.2, 0.25) is 5.91 Å². The van der Waals surface area contributed by atoms with E-state index in [1.807, 2.05) is 29.2 Å². The summed E-state index contributed by atoms with van der Waals surface area (Å²) in [5, 5.41) is 3.62. The number of benzene rings is 2. The van der Waals surface area contributed by atoms with Crippen molar-refractivity contribution >= 4 is 5.91 Å². The molecule has 3 fully saturated rings. The Bertz CT molecular complexity index is 1020. The highest BCUT2D eigenvalue weighted by atomic mass is 16.5. The van der Waals surface area contributed by atoms with Crippen molar-refractivity contribution < 1.29 is 9.53 Å². The topological polar surface area (TPSA) is 54.5 Å². The van der Waals surface area contributed by atoms with Crippen molar-refractivity contribution in [2.75, 3.05) is 20.2 Å². The molecule has 0 radical (unpaired) electrons. The second kappa shape index (κ2) is 7.92. The molecule has 1 N–H and O–H groups in total. The summed E-state index contributed by atoms with van der Waals surface area (Å²) in [6, 6.07) is 21.4. The molecule has 3 aliphatic rings. The van der Waals surface area contributed by atoms with Crippen LogP contribution in [0, 0.1) is 0 Å². The summed E-state index contributed by atoms with van der Waals surface area (Å²) >= 11 is 0. The maximum Gasteiger partial charge on any atom is 0.227 e. The van der Waals surface area contributed by atoms with Gasteiger partial charge in [0.15, 0.2) is 0 Å². The van der Waals surface area contributed by atoms with E-state index < -0.39 is 0 Å². The Morgan fingerprint density at radius 2 is 1.77 bits per heavy atom. The van der Waals surface area contributed by atoms with Crippen molar-refractivity contribution in [3.63, 3.8) is 0 Å². The number of rotatable bonds is 5. The number of pyridine rings is 1. The van der Waals surface area contributed by atoms with Crippen LogP contribution < -0.4 is 10.1 Å². The SMILES string of the molecule is COc1cccc(-c2ccc(C3[C@@H]4CN(C(=O)Cc5ccncc5)C[C@H]3N4)cc2)c1. The number of hydrogen-bond donors (Lipinski definition) is 1. The minimum absolute atomic E-state index is 0.199. The molecule has 5 nitrogen and oxygen atoms in total. The first-order chi connectivity index (χ1) is 14.7. The Labute approximate surface area is 176 Å². The minimum Gasteiger partial charge on any atom is -0.497 e. The van der Waals surface area contributed by atoms with E-state index in [9.17, 15) is 4.79 Å². The largest absolute Gasteiger partial charge is 0.497 e. The fraction of sp³-hybridized carbons (Fsp3) is 0.280. The van der Waals surface area contributed by atoms with Crippen LogP contribution in [-0.2, 0) is 11.2 Å². The molecule has 2 bridgehead atoms. The number of piperazine rings is 1. The highest BCUT2D eigenvalue weighted by Crippen LogP contribution is 2.37. The third-order valence-electron chi connectivity index (χ3n) is 6.29. The van der Waals surface area contributed by atoms with E-state index in [1.165, 1.54) is 11.1 Å². The van der Waals surface area contributed by atoms with Crippen LogP contribution in [0.15, 0.2) is 73.1 Å². The number of nitrogens with one attached hydrogen (secondary N) is 1. The number of piperidine rings is 1. The predicted molar refractivity (Wildman–Crippen MR) is 116 cm³/mol. The quantitative estimate of drug-likeness (QED) is 0.716. The third kappa shape index (κ3) is 3.57. The number of carbonyl (C=O) groups is 1. The third-order valence-corrected chi connectivity index (χ3v) is 6.29. The Hall–Kier alpha value is -3.18. The summed E-state index contributed by atoms with van der Waals surface area (Å²) in [5.74, 6) is 1.53. The number of aromatic nitrogens is 1. The lowest BCUT2D eigenvalue weighted by atomic mass is 9.74. The standard InChI is InChI=1S/C25H25N3O2/c1-30-21-4-2-3-20(14-21)18-5-7-19(8-6-18)25-22-15-28(16-23(25)27-22)24(29)13-17-9-11-26-12-10-17/h2-12,14,22-23,25,27H,13,15-16H2,1H3/t22-,23+,25?. The average Bonchev–Trinajstić information content (AvgIpc) is 2.80. The molecule has 0 saturated carbocycles. The van der Waals surface area contributed by atoms with Crippen LogP contribution in [-0.4, -0.2) is 48.1 Å². The summed E-state index contributed by atoms with van der Waals surface area (Å²) in [6.45, 7) is 1.53. The molecule has 3 aliphatic heterocycles. The lowest BCUT2D eigenvalue weighted by molar-refractivity contribution is -0.135. The molecule has 3 atom stereocenters. The summed E-state index contributed by atoms with van der Waals surface area (Å²) in [5.41, 5.74) is 4.70. The highest BCUT2D eigenvalue weighted by molar-refractivity contribution is 5.79. The zero-order chi connectivity index (χ0) is 20.5. The van der Waals surface area contributed by atoms with Gasteiger partial charge in [-0.05, 0) is 46.5 Å². The number of amides is 1. The van der Waals surface area contributed by atoms with Gasteiger partial charge in [0.05, 0.1) is 13.5 Å². The Kier molecular flexibility index (Phi) is 4.97. The van der Waals surface area contributed by atoms with E-state index in [2.05, 4.69) is 46.7 Å². The minimum atomic E-state index is 0.199. The first-order valence-electron chi connectivity index (χ1n) is 10.4. The highest BCUT2D eigenvalue weighted by Gasteiger charge is 2.47. The van der Waals surface area contributed by atoms with Crippen LogP contribution in [0.2, 0.25) is 0 Å². The molecular formula is C25H25N3O2. The number of fused-ring (bicyclic) bond motifs is 2. The number of hydrogen-bond acceptors (Lipinski definition) is 4. The zero-order valence-electron chi connectivity index (χ0n) is 17.0. The van der Waals surface area contributed by atoms with E-state index >= 15 is 0 Å². The average molecular weight is 399 g/mol. The molecule has 3 aromatic rings. The molecule has 2 aromatic carbocycles. The van der Waals surface area contributed by atoms with E-state index in [1.54, 1.807) is 19.5 Å². The van der Waals surface area contributed by atoms with Gasteiger partial charge in [0, 0.05) is 43.5 Å². The maximum atomic E-state index is 12.7. The summed E-state index contributed by atoms with van der Waals surface area (Å²) < 4.78 is 5.34. The van der Waals surface area contributed by atoms with Crippen molar-refractivity contribution in [3.05, 3.63) is 84.2 Å². The molecule has 5 heteroatoms. The number of carbonyl (C=O) groups excluding carboxylic acids is 1. The first kappa shape index (κ1) is 18.8. The summed E-state index contributed by atoms with van der Waals surface area (Å²) in [4.78, 5) is 18.7. The fourth-order valence-electron chi connectivity index (χ4n) is 4.68. The van der Waals surface area contributed by atoms with Crippen molar-refractivity contribution in [2.24, 2.45) is 0 Å². The van der Waals surface area contributed by atoms with Gasteiger partial charge in [-0.2, -0.15) is 0 Å². The Balaban J connectivity index is 1.24. The molecule has 152 valence electrons. The van der Waals surface area contributed by atoms with Gasteiger partial charge in [-0.25, -0.2) is 0 Å². The second-order valence-corrected chi connectivity index (χ2v) is 8.09. The number of nitrogens with zero attached hydrogens (tertiary/aromatic N) is 2. The van der Waals surface area contributed by atoms with Gasteiger partial charge in [-0.1, -0.05) is 36.4 Å². The number of methoxy groups -OCH3 is 1. The Morgan fingerprint density at radius 3 is 2.47 bits per heavy atom. The first-order valence-corrected chi connectivity index (χ1v) is 10.4. The monoisotopic (exact) mass is 399 g/mol. The lowest BCUT2D eigenvalue weighted by Gasteiger charge is -2.55. The van der Waals surface area contributed by atoms with Crippen LogP contribution in [0.1, 0.15) is 17.0 Å². The van der Waals surface area contributed by atoms with E-state index in [-0.39, 0.29) is 5.91 Å². The van der Waals surface area contributed by atoms with Crippen molar-refractivity contribution in [3.8, 4) is 16.9 Å². The summed E-state index contributed by atoms with van der Waals surface area (Å²) in [7, 11) is 1.69. The normalized spacial score (nSPS) is 22.3. The second-order valence-electron chi connectivity index (χ2n) is 8.09. The van der Waals surface area contributed by atoms with Crippen LogP contribution in [0.3, 0.4) is 0 Å². The number of ether oxygens (including phenoxy) is 1. The van der Waals surface area contributed by atoms with E-state index in [0.29, 0.717) is 24.4 Å². The molecular weight excluding hydrogens is 374 g/mol. The van der Waals surface area contributed by atoms with Gasteiger partial charge in [-0.15, -0.1) is 0 Å². The maximum absolute atomic E-state index is 12.7. The van der Waals surface area contributed by atoms with Crippen LogP contribution in [0.5, 0.6) is 5.75 Å². The molecule has 1 aromatic heterocycles. The van der Waals surface area contributed by atoms with Crippen LogP contribution in [0.4, 0.5) is 0 Å². The van der Waals surface area contributed by atoms with Crippen molar-refractivity contribution in [1.82, 2.24) is 15.2 Å². The smallest absolute Gasteiger partial charge is 0.227 e. The van der Waals surface area contributed by atoms with Gasteiger partial charge >= 0.3 is 0 Å². The predicted octanol–water partition coefficient (Wildman–Crippen LogP) is 3.27. The molecule has 4 heterocycles. The molecule has 0 aliphatic carbocycles. The van der Waals surface area contributed by atoms with Gasteiger partial charge < -0.3 is 15.0 Å². The fourth-order valence-corrected chi connectivity index (χ4v) is 4.68. The van der Waals surface area contributed by atoms with Gasteiger partial charge in [0.1, 0.15) is 5.75 Å². The molecule has 3 saturated heterocycles. The molecule has 30 heavy (non-hydrogen) atoms. The lowest BCUT2D eigenvalue weighted by Crippen LogP contribution is -2.72. The van der Waals surface area contributed by atoms with Crippen molar-refractivity contribution in [1.29, 1.82) is 0 Å². The van der Waals surface area contributed by atoms with Gasteiger partial charge in [0.25, 0.3) is 0 Å². The molecule has 6 rings (SSSR count). The molecule has 1 unspecified atom stereocenters. The van der Waals surface area contributed by atoms with Gasteiger partial charge in [-0.3, -0.25) is 9.78 Å². The molecule has 1 amide bonds. The zero-order valence-corrected chi connectivity index (χ0v) is 17.0. The Morgan fingerprint density at radius 1 is 1.03 bits per heavy atom. The van der Waals surface area contributed by atoms with E-state index in [4.69, 9.17) is 4.74 Å². The van der Waals surface area contributed by atoms with Crippen molar-refractivity contribution in [2.45, 2.75) is 24.4 Å².